The molecule has 0 radical (unpaired) electrons. The minimum Gasteiger partial charge on any atom is -0.352 e. The summed E-state index contributed by atoms with van der Waals surface area (Å²) in [6.07, 6.45) is 3.83. The summed E-state index contributed by atoms with van der Waals surface area (Å²) >= 11 is 0. The number of nitrogens with one attached hydrogen (secondary N) is 1. The van der Waals surface area contributed by atoms with Crippen LogP contribution in [0.15, 0.2) is 24.4 Å². The van der Waals surface area contributed by atoms with Crippen LogP contribution in [0.3, 0.4) is 0 Å². The van der Waals surface area contributed by atoms with E-state index >= 15 is 0 Å². The maximum absolute atomic E-state index is 7.78. The molecule has 1 saturated heterocycles. The van der Waals surface area contributed by atoms with Gasteiger partial charge in [-0.2, -0.15) is 0 Å². The first-order valence-electron chi connectivity index (χ1n) is 5.04. The number of nitrogens with zero attached hydrogens (tertiary/aromatic N) is 2. The molecule has 14 heavy (non-hydrogen) atoms. The Morgan fingerprint density at radius 3 is 2.93 bits per heavy atom. The van der Waals surface area contributed by atoms with E-state index < -0.39 is 0 Å². The average molecular weight is 189 g/mol. The fourth-order valence-corrected chi connectivity index (χ4v) is 1.91. The van der Waals surface area contributed by atoms with Crippen molar-refractivity contribution in [1.29, 1.82) is 5.41 Å². The van der Waals surface area contributed by atoms with E-state index in [9.17, 15) is 0 Å². The average Bonchev–Trinajstić information content (AvgIpc) is 2.65. The molecule has 0 spiro atoms. The van der Waals surface area contributed by atoms with Crippen molar-refractivity contribution in [3.8, 4) is 0 Å². The Hall–Kier alpha value is -1.38. The zero-order chi connectivity index (χ0) is 9.97. The smallest absolute Gasteiger partial charge is 0.0963 e. The third-order valence-corrected chi connectivity index (χ3v) is 2.74. The molecule has 1 N–H and O–H groups in total. The zero-order valence-corrected chi connectivity index (χ0v) is 8.40. The van der Waals surface area contributed by atoms with Gasteiger partial charge in [0.25, 0.3) is 0 Å². The van der Waals surface area contributed by atoms with Gasteiger partial charge in [-0.3, -0.25) is 10.4 Å². The van der Waals surface area contributed by atoms with Gasteiger partial charge in [0.1, 0.15) is 0 Å². The largest absolute Gasteiger partial charge is 0.352 e. The molecule has 0 aromatic carbocycles. The van der Waals surface area contributed by atoms with Crippen LogP contribution in [0, 0.1) is 5.41 Å². The van der Waals surface area contributed by atoms with E-state index in [1.807, 2.05) is 24.4 Å². The topological polar surface area (TPSA) is 40.0 Å². The Morgan fingerprint density at radius 2 is 2.36 bits per heavy atom. The highest BCUT2D eigenvalue weighted by molar-refractivity contribution is 5.81. The summed E-state index contributed by atoms with van der Waals surface area (Å²) < 4.78 is 0. The van der Waals surface area contributed by atoms with Crippen molar-refractivity contribution in [2.45, 2.75) is 25.8 Å². The molecule has 1 aliphatic rings. The maximum Gasteiger partial charge on any atom is 0.0963 e. The Balaban J connectivity index is 2.16. The number of rotatable bonds is 2. The predicted octanol–water partition coefficient (Wildman–Crippen LogP) is 2.22. The van der Waals surface area contributed by atoms with Crippen LogP contribution in [0.5, 0.6) is 0 Å². The van der Waals surface area contributed by atoms with Crippen LogP contribution >= 0.6 is 0 Å². The molecule has 0 aliphatic carbocycles. The highest BCUT2D eigenvalue weighted by Crippen LogP contribution is 2.23. The molecular weight excluding hydrogens is 174 g/mol. The van der Waals surface area contributed by atoms with Gasteiger partial charge in [0.05, 0.1) is 17.6 Å². The van der Waals surface area contributed by atoms with Gasteiger partial charge < -0.3 is 4.90 Å². The summed E-state index contributed by atoms with van der Waals surface area (Å²) in [4.78, 5) is 6.45. The first-order chi connectivity index (χ1) is 6.79. The molecular formula is C11H15N3. The van der Waals surface area contributed by atoms with Crippen molar-refractivity contribution in [3.63, 3.8) is 0 Å². The molecule has 1 aromatic heterocycles. The van der Waals surface area contributed by atoms with Gasteiger partial charge in [-0.25, -0.2) is 0 Å². The standard InChI is InChI=1S/C11H15N3/c1-9(10-5-2-3-7-13-10)14-8-4-6-11(14)12/h2-3,5,7,9,12H,4,6,8H2,1H3. The summed E-state index contributed by atoms with van der Waals surface area (Å²) in [5.74, 6) is 0.753. The first kappa shape index (κ1) is 9.19. The molecule has 0 amide bonds. The Labute approximate surface area is 84.3 Å². The molecule has 1 aromatic rings. The molecule has 1 atom stereocenters. The van der Waals surface area contributed by atoms with Crippen molar-refractivity contribution >= 4 is 5.84 Å². The molecule has 1 fully saturated rings. The molecule has 0 bridgehead atoms. The molecule has 2 heterocycles. The summed E-state index contributed by atoms with van der Waals surface area (Å²) in [6.45, 7) is 3.11. The minimum absolute atomic E-state index is 0.242. The second kappa shape index (κ2) is 3.78. The molecule has 3 nitrogen and oxygen atoms in total. The molecule has 74 valence electrons. The Bertz CT molecular complexity index is 321. The van der Waals surface area contributed by atoms with Crippen molar-refractivity contribution in [3.05, 3.63) is 30.1 Å². The fraction of sp³-hybridized carbons (Fsp3) is 0.455. The van der Waals surface area contributed by atoms with Gasteiger partial charge in [0.15, 0.2) is 0 Å². The van der Waals surface area contributed by atoms with Crippen LogP contribution in [0.4, 0.5) is 0 Å². The lowest BCUT2D eigenvalue weighted by molar-refractivity contribution is 0.355. The Kier molecular flexibility index (Phi) is 2.48. The highest BCUT2D eigenvalue weighted by Gasteiger charge is 2.23. The van der Waals surface area contributed by atoms with Gasteiger partial charge >= 0.3 is 0 Å². The number of aromatic nitrogens is 1. The van der Waals surface area contributed by atoms with E-state index in [0.717, 1.165) is 30.9 Å². The van der Waals surface area contributed by atoms with Gasteiger partial charge in [-0.05, 0) is 25.5 Å². The highest BCUT2D eigenvalue weighted by atomic mass is 15.2. The van der Waals surface area contributed by atoms with E-state index in [2.05, 4.69) is 16.8 Å². The SMILES string of the molecule is CC(c1ccccn1)N1CCCC1=N. The van der Waals surface area contributed by atoms with Crippen LogP contribution in [-0.2, 0) is 0 Å². The van der Waals surface area contributed by atoms with Crippen molar-refractivity contribution in [2.75, 3.05) is 6.54 Å². The van der Waals surface area contributed by atoms with Gasteiger partial charge in [0.2, 0.25) is 0 Å². The lowest BCUT2D eigenvalue weighted by Gasteiger charge is -2.25. The lowest BCUT2D eigenvalue weighted by Crippen LogP contribution is -2.27. The Morgan fingerprint density at radius 1 is 1.50 bits per heavy atom. The summed E-state index contributed by atoms with van der Waals surface area (Å²) in [7, 11) is 0. The van der Waals surface area contributed by atoms with Crippen molar-refractivity contribution in [1.82, 2.24) is 9.88 Å². The first-order valence-corrected chi connectivity index (χ1v) is 5.04. The van der Waals surface area contributed by atoms with E-state index in [4.69, 9.17) is 5.41 Å². The number of hydrogen-bond acceptors (Lipinski definition) is 2. The normalized spacial score (nSPS) is 18.6. The van der Waals surface area contributed by atoms with E-state index in [1.54, 1.807) is 0 Å². The number of pyridine rings is 1. The monoisotopic (exact) mass is 189 g/mol. The minimum atomic E-state index is 0.242. The van der Waals surface area contributed by atoms with Crippen LogP contribution in [0.25, 0.3) is 0 Å². The van der Waals surface area contributed by atoms with Crippen molar-refractivity contribution in [2.24, 2.45) is 0 Å². The van der Waals surface area contributed by atoms with Gasteiger partial charge in [-0.1, -0.05) is 6.07 Å². The maximum atomic E-state index is 7.78. The molecule has 3 heteroatoms. The van der Waals surface area contributed by atoms with Gasteiger partial charge in [0, 0.05) is 19.2 Å². The van der Waals surface area contributed by atoms with E-state index in [1.165, 1.54) is 0 Å². The quantitative estimate of drug-likeness (QED) is 0.774. The molecule has 2 rings (SSSR count). The second-order valence-corrected chi connectivity index (χ2v) is 3.67. The van der Waals surface area contributed by atoms with E-state index in [-0.39, 0.29) is 6.04 Å². The number of amidine groups is 1. The molecule has 1 aliphatic heterocycles. The molecule has 1 unspecified atom stereocenters. The fourth-order valence-electron chi connectivity index (χ4n) is 1.91. The number of hydrogen-bond donors (Lipinski definition) is 1. The lowest BCUT2D eigenvalue weighted by atomic mass is 10.2. The number of likely N-dealkylation sites (tertiary alicyclic amines) is 1. The van der Waals surface area contributed by atoms with Gasteiger partial charge in [-0.15, -0.1) is 0 Å². The summed E-state index contributed by atoms with van der Waals surface area (Å²) in [5.41, 5.74) is 1.05. The zero-order valence-electron chi connectivity index (χ0n) is 8.40. The predicted molar refractivity (Wildman–Crippen MR) is 56.3 cm³/mol. The van der Waals surface area contributed by atoms with Crippen molar-refractivity contribution < 1.29 is 0 Å². The summed E-state index contributed by atoms with van der Waals surface area (Å²) in [5, 5.41) is 7.78. The molecule has 0 saturated carbocycles. The van der Waals surface area contributed by atoms with Crippen LogP contribution in [0.1, 0.15) is 31.5 Å². The second-order valence-electron chi connectivity index (χ2n) is 3.67. The summed E-state index contributed by atoms with van der Waals surface area (Å²) in [6, 6.07) is 6.19. The van der Waals surface area contributed by atoms with Crippen LogP contribution in [0.2, 0.25) is 0 Å². The third-order valence-electron chi connectivity index (χ3n) is 2.74. The van der Waals surface area contributed by atoms with Crippen LogP contribution in [-0.4, -0.2) is 22.3 Å². The third kappa shape index (κ3) is 1.62. The van der Waals surface area contributed by atoms with Crippen LogP contribution < -0.4 is 0 Å². The van der Waals surface area contributed by atoms with E-state index in [0.29, 0.717) is 0 Å².